The lowest BCUT2D eigenvalue weighted by molar-refractivity contribution is -0.136. The molecule has 4 aromatic carbocycles. The fraction of sp³-hybridized carbons (Fsp3) is 0.400. The Hall–Kier alpha value is -5.15. The number of anilines is 2. The monoisotopic (exact) mass is 723 g/mol. The summed E-state index contributed by atoms with van der Waals surface area (Å²) in [5.74, 6) is 0.955. The molecule has 0 bridgehead atoms. The van der Waals surface area contributed by atoms with E-state index < -0.39 is 6.04 Å². The van der Waals surface area contributed by atoms with Gasteiger partial charge in [0.25, 0.3) is 5.91 Å². The number of carbonyl (C=O) groups excluding carboxylic acids is 3. The SMILES string of the molecule is O=C1CCC(N2Cc3cc(N4CCN(CC5CCN(c6ccc([C@@H]7c8ccc(O)cc8CC[C@@H]7c7ccccc7)cc6)CC5)CC4)ccc3C2=O)C(=O)N1. The second kappa shape index (κ2) is 14.6. The number of rotatable bonds is 7. The Morgan fingerprint density at radius 1 is 0.667 bits per heavy atom. The molecule has 9 rings (SSSR count). The lowest BCUT2D eigenvalue weighted by atomic mass is 9.69. The summed E-state index contributed by atoms with van der Waals surface area (Å²) in [5, 5.41) is 12.6. The minimum Gasteiger partial charge on any atom is -0.508 e. The molecule has 4 heterocycles. The molecule has 2 N–H and O–H groups in total. The number of amides is 3. The van der Waals surface area contributed by atoms with Gasteiger partial charge in [-0.1, -0.05) is 48.5 Å². The van der Waals surface area contributed by atoms with Crippen molar-refractivity contribution in [1.29, 1.82) is 0 Å². The number of phenolic OH excluding ortho intramolecular Hbond substituents is 1. The number of nitrogens with zero attached hydrogens (tertiary/aromatic N) is 4. The maximum absolute atomic E-state index is 13.1. The average Bonchev–Trinajstić information content (AvgIpc) is 3.53. The Morgan fingerprint density at radius 2 is 1.41 bits per heavy atom. The van der Waals surface area contributed by atoms with Gasteiger partial charge in [-0.2, -0.15) is 0 Å². The van der Waals surface area contributed by atoms with Gasteiger partial charge in [-0.3, -0.25) is 24.6 Å². The van der Waals surface area contributed by atoms with Crippen molar-refractivity contribution in [2.24, 2.45) is 5.92 Å². The summed E-state index contributed by atoms with van der Waals surface area (Å²) in [6, 6.07) is 31.7. The van der Waals surface area contributed by atoms with Crippen LogP contribution in [0.1, 0.15) is 82.1 Å². The Morgan fingerprint density at radius 3 is 2.17 bits per heavy atom. The van der Waals surface area contributed by atoms with Crippen LogP contribution in [0, 0.1) is 5.92 Å². The van der Waals surface area contributed by atoms with Gasteiger partial charge in [0.15, 0.2) is 0 Å². The van der Waals surface area contributed by atoms with E-state index in [4.69, 9.17) is 0 Å². The first-order valence-electron chi connectivity index (χ1n) is 19.8. The van der Waals surface area contributed by atoms with Gasteiger partial charge in [0.2, 0.25) is 11.8 Å². The number of piperazine rings is 1. The number of hydrogen-bond acceptors (Lipinski definition) is 7. The summed E-state index contributed by atoms with van der Waals surface area (Å²) in [5.41, 5.74) is 9.39. The van der Waals surface area contributed by atoms with E-state index in [0.29, 0.717) is 36.1 Å². The van der Waals surface area contributed by atoms with Crippen LogP contribution in [-0.2, 0) is 22.6 Å². The van der Waals surface area contributed by atoms with E-state index in [2.05, 4.69) is 86.7 Å². The molecule has 0 spiro atoms. The average molecular weight is 724 g/mol. The zero-order valence-corrected chi connectivity index (χ0v) is 30.8. The summed E-state index contributed by atoms with van der Waals surface area (Å²) in [6.07, 6.45) is 5.08. The predicted octanol–water partition coefficient (Wildman–Crippen LogP) is 6.05. The molecule has 54 heavy (non-hydrogen) atoms. The van der Waals surface area contributed by atoms with Gasteiger partial charge in [-0.15, -0.1) is 0 Å². The van der Waals surface area contributed by atoms with Gasteiger partial charge in [-0.05, 0) is 114 Å². The van der Waals surface area contributed by atoms with Gasteiger partial charge in [0.05, 0.1) is 0 Å². The van der Waals surface area contributed by atoms with Crippen LogP contribution in [0.5, 0.6) is 5.75 Å². The molecule has 4 aliphatic heterocycles. The topological polar surface area (TPSA) is 96.4 Å². The number of carbonyl (C=O) groups is 3. The second-order valence-electron chi connectivity index (χ2n) is 16.0. The van der Waals surface area contributed by atoms with E-state index in [0.717, 1.165) is 69.9 Å². The molecule has 0 aromatic heterocycles. The first kappa shape index (κ1) is 34.6. The molecule has 9 nitrogen and oxygen atoms in total. The summed E-state index contributed by atoms with van der Waals surface area (Å²) >= 11 is 0. The number of fused-ring (bicyclic) bond motifs is 2. The summed E-state index contributed by atoms with van der Waals surface area (Å²) in [7, 11) is 0. The minimum atomic E-state index is -0.585. The number of nitrogens with one attached hydrogen (secondary N) is 1. The number of phenols is 1. The van der Waals surface area contributed by atoms with Crippen LogP contribution in [0.3, 0.4) is 0 Å². The molecule has 0 radical (unpaired) electrons. The molecule has 1 unspecified atom stereocenters. The highest BCUT2D eigenvalue weighted by Gasteiger charge is 2.39. The van der Waals surface area contributed by atoms with Crippen LogP contribution in [-0.4, -0.2) is 84.5 Å². The van der Waals surface area contributed by atoms with Crippen molar-refractivity contribution >= 4 is 29.1 Å². The maximum atomic E-state index is 13.1. The third-order valence-electron chi connectivity index (χ3n) is 12.8. The molecule has 4 aromatic rings. The Labute approximate surface area is 317 Å². The molecular formula is C45H49N5O4. The van der Waals surface area contributed by atoms with Gasteiger partial charge < -0.3 is 19.8 Å². The zero-order valence-electron chi connectivity index (χ0n) is 30.8. The number of imide groups is 1. The summed E-state index contributed by atoms with van der Waals surface area (Å²) in [6.45, 7) is 7.64. The molecule has 5 aliphatic rings. The van der Waals surface area contributed by atoms with Gasteiger partial charge in [0, 0.05) is 81.6 Å². The van der Waals surface area contributed by atoms with Crippen LogP contribution >= 0.6 is 0 Å². The van der Waals surface area contributed by atoms with Crippen LogP contribution in [0.25, 0.3) is 0 Å². The lowest BCUT2D eigenvalue weighted by Crippen LogP contribution is -2.52. The highest BCUT2D eigenvalue weighted by molar-refractivity contribution is 6.05. The van der Waals surface area contributed by atoms with E-state index in [1.54, 1.807) is 4.90 Å². The second-order valence-corrected chi connectivity index (χ2v) is 16.0. The Bertz CT molecular complexity index is 2030. The first-order valence-corrected chi connectivity index (χ1v) is 19.8. The maximum Gasteiger partial charge on any atom is 0.255 e. The molecule has 3 atom stereocenters. The summed E-state index contributed by atoms with van der Waals surface area (Å²) in [4.78, 5) is 46.5. The predicted molar refractivity (Wildman–Crippen MR) is 210 cm³/mol. The van der Waals surface area contributed by atoms with Crippen molar-refractivity contribution in [3.8, 4) is 5.75 Å². The Kier molecular flexibility index (Phi) is 9.35. The number of benzene rings is 4. The number of aromatic hydroxyl groups is 1. The standard InChI is InChI=1S/C45H49N5O4/c51-37-12-15-39-33(27-37)8-13-38(31-4-2-1-3-5-31)43(39)32-6-9-35(10-7-32)48-20-18-30(19-21-48)28-47-22-24-49(25-23-47)36-11-14-40-34(26-36)29-50(45(40)54)41-16-17-42(52)46-44(41)53/h1-7,9-12,14-15,26-27,30,38,41,43,51H,8,13,16-25,28-29H2,(H,46,52,53)/t38-,41?,43+/m1/s1. The largest absolute Gasteiger partial charge is 0.508 e. The van der Waals surface area contributed by atoms with Crippen LogP contribution in [0.15, 0.2) is 91.0 Å². The first-order chi connectivity index (χ1) is 26.4. The molecule has 9 heteroatoms. The summed E-state index contributed by atoms with van der Waals surface area (Å²) < 4.78 is 0. The van der Waals surface area contributed by atoms with Crippen molar-refractivity contribution in [2.75, 3.05) is 55.6 Å². The molecule has 1 aliphatic carbocycles. The minimum absolute atomic E-state index is 0.121. The molecule has 3 saturated heterocycles. The van der Waals surface area contributed by atoms with Crippen molar-refractivity contribution in [3.05, 3.63) is 124 Å². The molecule has 3 amide bonds. The molecule has 3 fully saturated rings. The van der Waals surface area contributed by atoms with Gasteiger partial charge in [0.1, 0.15) is 11.8 Å². The highest BCUT2D eigenvalue weighted by atomic mass is 16.3. The quantitative estimate of drug-likeness (QED) is 0.224. The number of piperidine rings is 2. The van der Waals surface area contributed by atoms with E-state index in [-0.39, 0.29) is 30.1 Å². The fourth-order valence-electron chi connectivity index (χ4n) is 9.86. The van der Waals surface area contributed by atoms with Crippen LogP contribution in [0.2, 0.25) is 0 Å². The van der Waals surface area contributed by atoms with Crippen molar-refractivity contribution < 1.29 is 19.5 Å². The molecule has 0 saturated carbocycles. The Balaban J connectivity index is 0.780. The van der Waals surface area contributed by atoms with Crippen molar-refractivity contribution in [2.45, 2.75) is 62.9 Å². The molecule has 278 valence electrons. The van der Waals surface area contributed by atoms with Crippen LogP contribution < -0.4 is 15.1 Å². The van der Waals surface area contributed by atoms with Crippen molar-refractivity contribution in [3.63, 3.8) is 0 Å². The molecular weight excluding hydrogens is 675 g/mol. The smallest absolute Gasteiger partial charge is 0.255 e. The van der Waals surface area contributed by atoms with E-state index in [1.165, 1.54) is 40.8 Å². The van der Waals surface area contributed by atoms with E-state index >= 15 is 0 Å². The zero-order chi connectivity index (χ0) is 36.8. The highest BCUT2D eigenvalue weighted by Crippen LogP contribution is 2.47. The number of hydrogen-bond donors (Lipinski definition) is 2. The lowest BCUT2D eigenvalue weighted by Gasteiger charge is -2.40. The van der Waals surface area contributed by atoms with Crippen LogP contribution in [0.4, 0.5) is 11.4 Å². The van der Waals surface area contributed by atoms with E-state index in [1.807, 2.05) is 24.3 Å². The normalized spacial score (nSPS) is 23.7. The fourth-order valence-corrected chi connectivity index (χ4v) is 9.86. The third kappa shape index (κ3) is 6.74. The van der Waals surface area contributed by atoms with Gasteiger partial charge in [-0.25, -0.2) is 0 Å². The third-order valence-corrected chi connectivity index (χ3v) is 12.8. The number of aryl methyl sites for hydroxylation is 1. The van der Waals surface area contributed by atoms with E-state index in [9.17, 15) is 19.5 Å². The van der Waals surface area contributed by atoms with Crippen molar-refractivity contribution in [1.82, 2.24) is 15.1 Å². The van der Waals surface area contributed by atoms with Gasteiger partial charge >= 0.3 is 0 Å².